The fourth-order valence-electron chi connectivity index (χ4n) is 2.47. The van der Waals surface area contributed by atoms with Gasteiger partial charge in [-0.05, 0) is 44.9 Å². The second kappa shape index (κ2) is 7.28. The molecule has 0 amide bonds. The van der Waals surface area contributed by atoms with Crippen molar-refractivity contribution in [1.29, 1.82) is 0 Å². The van der Waals surface area contributed by atoms with E-state index in [1.165, 1.54) is 6.07 Å². The standard InChI is InChI=1S/C15H20F3NO4S/c1-10(2)23-12-4-3-11(16)9-13(12)24(20,21)19-15(14(17)18)5-7-22-8-6-15/h3-4,9-10,14,19H,5-8H2,1-2H3. The molecule has 0 spiro atoms. The first kappa shape index (κ1) is 19.0. The van der Waals surface area contributed by atoms with Crippen molar-refractivity contribution in [2.24, 2.45) is 0 Å². The van der Waals surface area contributed by atoms with Gasteiger partial charge >= 0.3 is 0 Å². The highest BCUT2D eigenvalue weighted by atomic mass is 32.2. The molecule has 1 heterocycles. The molecule has 2 rings (SSSR count). The number of ether oxygens (including phenoxy) is 2. The van der Waals surface area contributed by atoms with Crippen LogP contribution >= 0.6 is 0 Å². The average Bonchev–Trinajstić information content (AvgIpc) is 2.49. The van der Waals surface area contributed by atoms with Crippen molar-refractivity contribution in [2.45, 2.75) is 49.7 Å². The van der Waals surface area contributed by atoms with Crippen LogP contribution in [0.5, 0.6) is 5.75 Å². The third-order valence-electron chi connectivity index (χ3n) is 3.70. The summed E-state index contributed by atoms with van der Waals surface area (Å²) in [5, 5.41) is 0. The van der Waals surface area contributed by atoms with Gasteiger partial charge in [-0.3, -0.25) is 0 Å². The highest BCUT2D eigenvalue weighted by molar-refractivity contribution is 7.89. The number of nitrogens with one attached hydrogen (secondary N) is 1. The van der Waals surface area contributed by atoms with Crippen molar-refractivity contribution >= 4 is 10.0 Å². The number of rotatable bonds is 6. The molecule has 1 aliphatic heterocycles. The Balaban J connectivity index is 2.40. The molecule has 0 bridgehead atoms. The monoisotopic (exact) mass is 367 g/mol. The van der Waals surface area contributed by atoms with Crippen LogP contribution in [0.1, 0.15) is 26.7 Å². The molecular formula is C15H20F3NO4S. The van der Waals surface area contributed by atoms with Gasteiger partial charge in [0.15, 0.2) is 0 Å². The van der Waals surface area contributed by atoms with Gasteiger partial charge < -0.3 is 9.47 Å². The van der Waals surface area contributed by atoms with E-state index in [2.05, 4.69) is 4.72 Å². The topological polar surface area (TPSA) is 64.6 Å². The Morgan fingerprint density at radius 1 is 1.25 bits per heavy atom. The first-order valence-electron chi connectivity index (χ1n) is 7.52. The summed E-state index contributed by atoms with van der Waals surface area (Å²) in [5.74, 6) is -0.889. The lowest BCUT2D eigenvalue weighted by atomic mass is 9.92. The van der Waals surface area contributed by atoms with Crippen LogP contribution in [0.15, 0.2) is 23.1 Å². The first-order valence-corrected chi connectivity index (χ1v) is 9.01. The summed E-state index contributed by atoms with van der Waals surface area (Å²) in [6, 6.07) is 2.98. The Morgan fingerprint density at radius 3 is 2.42 bits per heavy atom. The van der Waals surface area contributed by atoms with Crippen LogP contribution in [-0.2, 0) is 14.8 Å². The Kier molecular flexibility index (Phi) is 5.77. The van der Waals surface area contributed by atoms with E-state index in [0.29, 0.717) is 0 Å². The Morgan fingerprint density at radius 2 is 1.88 bits per heavy atom. The minimum Gasteiger partial charge on any atom is -0.490 e. The van der Waals surface area contributed by atoms with E-state index >= 15 is 0 Å². The van der Waals surface area contributed by atoms with Gasteiger partial charge in [0.05, 0.1) is 11.6 Å². The number of hydrogen-bond donors (Lipinski definition) is 1. The van der Waals surface area contributed by atoms with E-state index < -0.39 is 32.7 Å². The molecule has 0 saturated carbocycles. The third kappa shape index (κ3) is 4.20. The Hall–Kier alpha value is -1.32. The van der Waals surface area contributed by atoms with Gasteiger partial charge in [0.1, 0.15) is 16.5 Å². The molecule has 1 aromatic rings. The normalized spacial score (nSPS) is 18.1. The highest BCUT2D eigenvalue weighted by Crippen LogP contribution is 2.32. The molecule has 1 aliphatic rings. The quantitative estimate of drug-likeness (QED) is 0.840. The Labute approximate surface area is 139 Å². The van der Waals surface area contributed by atoms with Gasteiger partial charge in [-0.15, -0.1) is 0 Å². The van der Waals surface area contributed by atoms with Crippen molar-refractivity contribution < 1.29 is 31.1 Å². The molecule has 0 unspecified atom stereocenters. The molecule has 136 valence electrons. The van der Waals surface area contributed by atoms with Gasteiger partial charge in [-0.1, -0.05) is 0 Å². The SMILES string of the molecule is CC(C)Oc1ccc(F)cc1S(=O)(=O)NC1(C(F)F)CCOCC1. The number of hydrogen-bond acceptors (Lipinski definition) is 4. The second-order valence-corrected chi connectivity index (χ2v) is 7.58. The molecule has 1 N–H and O–H groups in total. The molecule has 0 radical (unpaired) electrons. The lowest BCUT2D eigenvalue weighted by molar-refractivity contribution is -0.0352. The molecular weight excluding hydrogens is 347 g/mol. The first-order chi connectivity index (χ1) is 11.2. The van der Waals surface area contributed by atoms with Gasteiger partial charge in [0, 0.05) is 13.2 Å². The molecule has 0 aromatic heterocycles. The maximum atomic E-state index is 13.5. The molecule has 0 aliphatic carbocycles. The van der Waals surface area contributed by atoms with Crippen LogP contribution < -0.4 is 9.46 Å². The van der Waals surface area contributed by atoms with Crippen molar-refractivity contribution in [3.63, 3.8) is 0 Å². The molecule has 9 heteroatoms. The van der Waals surface area contributed by atoms with Gasteiger partial charge in [-0.2, -0.15) is 4.72 Å². The van der Waals surface area contributed by atoms with Crippen LogP contribution in [0.25, 0.3) is 0 Å². The van der Waals surface area contributed by atoms with Gasteiger partial charge in [0.2, 0.25) is 10.0 Å². The summed E-state index contributed by atoms with van der Waals surface area (Å²) in [4.78, 5) is -0.497. The summed E-state index contributed by atoms with van der Waals surface area (Å²) in [6.45, 7) is 3.38. The second-order valence-electron chi connectivity index (χ2n) is 5.93. The summed E-state index contributed by atoms with van der Waals surface area (Å²) >= 11 is 0. The van der Waals surface area contributed by atoms with Gasteiger partial charge in [-0.25, -0.2) is 21.6 Å². The smallest absolute Gasteiger partial charge is 0.257 e. The van der Waals surface area contributed by atoms with Crippen molar-refractivity contribution in [1.82, 2.24) is 4.72 Å². The number of benzene rings is 1. The minimum absolute atomic E-state index is 0.0192. The largest absolute Gasteiger partial charge is 0.490 e. The summed E-state index contributed by atoms with van der Waals surface area (Å²) in [6.07, 6.45) is -3.62. The van der Waals surface area contributed by atoms with Crippen LogP contribution in [-0.4, -0.2) is 39.7 Å². The lowest BCUT2D eigenvalue weighted by Gasteiger charge is -2.36. The molecule has 0 atom stereocenters. The van der Waals surface area contributed by atoms with Crippen molar-refractivity contribution in [2.75, 3.05) is 13.2 Å². The minimum atomic E-state index is -4.41. The predicted octanol–water partition coefficient (Wildman–Crippen LogP) is 2.71. The summed E-state index contributed by atoms with van der Waals surface area (Å²) in [7, 11) is -4.41. The van der Waals surface area contributed by atoms with E-state index in [0.717, 1.165) is 12.1 Å². The third-order valence-corrected chi connectivity index (χ3v) is 5.27. The van der Waals surface area contributed by atoms with Crippen LogP contribution in [0.2, 0.25) is 0 Å². The van der Waals surface area contributed by atoms with Gasteiger partial charge in [0.25, 0.3) is 6.43 Å². The number of halogens is 3. The average molecular weight is 367 g/mol. The Bertz CT molecular complexity index is 673. The van der Waals surface area contributed by atoms with E-state index in [-0.39, 0.29) is 37.9 Å². The molecule has 24 heavy (non-hydrogen) atoms. The molecule has 1 fully saturated rings. The molecule has 1 aromatic carbocycles. The fourth-order valence-corrected chi connectivity index (χ4v) is 4.05. The van der Waals surface area contributed by atoms with E-state index in [9.17, 15) is 21.6 Å². The van der Waals surface area contributed by atoms with Crippen LogP contribution in [0.3, 0.4) is 0 Å². The maximum absolute atomic E-state index is 13.5. The summed E-state index contributed by atoms with van der Waals surface area (Å²) < 4.78 is 78.3. The number of alkyl halides is 2. The van der Waals surface area contributed by atoms with Crippen LogP contribution in [0.4, 0.5) is 13.2 Å². The zero-order valence-electron chi connectivity index (χ0n) is 13.4. The summed E-state index contributed by atoms with van der Waals surface area (Å²) in [5.41, 5.74) is -1.93. The van der Waals surface area contributed by atoms with E-state index in [4.69, 9.17) is 9.47 Å². The van der Waals surface area contributed by atoms with Crippen molar-refractivity contribution in [3.05, 3.63) is 24.0 Å². The van der Waals surface area contributed by atoms with Crippen molar-refractivity contribution in [3.8, 4) is 5.75 Å². The number of sulfonamides is 1. The van der Waals surface area contributed by atoms with E-state index in [1.807, 2.05) is 0 Å². The molecule has 5 nitrogen and oxygen atoms in total. The fraction of sp³-hybridized carbons (Fsp3) is 0.600. The van der Waals surface area contributed by atoms with Crippen LogP contribution in [0, 0.1) is 5.82 Å². The lowest BCUT2D eigenvalue weighted by Crippen LogP contribution is -2.56. The highest BCUT2D eigenvalue weighted by Gasteiger charge is 2.45. The zero-order valence-corrected chi connectivity index (χ0v) is 14.2. The van der Waals surface area contributed by atoms with E-state index in [1.54, 1.807) is 13.8 Å². The predicted molar refractivity (Wildman–Crippen MR) is 81.3 cm³/mol. The molecule has 1 saturated heterocycles. The maximum Gasteiger partial charge on any atom is 0.257 e. The zero-order chi connectivity index (χ0) is 18.0.